The number of aromatic nitrogens is 1. The van der Waals surface area contributed by atoms with Crippen molar-refractivity contribution in [2.75, 3.05) is 0 Å². The molecule has 0 saturated heterocycles. The maximum Gasteiger partial charge on any atom is 0.269 e. The summed E-state index contributed by atoms with van der Waals surface area (Å²) in [6.07, 6.45) is 1.04. The third-order valence-electron chi connectivity index (χ3n) is 4.89. The van der Waals surface area contributed by atoms with Crippen LogP contribution >= 0.6 is 11.3 Å². The molecule has 0 atom stereocenters. The minimum absolute atomic E-state index is 0.105. The SMILES string of the molecule is CC(C)CCn1c(-c2ccc([N+](=O)[O-])cc2)csc1=Nc1ccc(C(C)C)cc1. The van der Waals surface area contributed by atoms with E-state index in [1.54, 1.807) is 23.5 Å². The van der Waals surface area contributed by atoms with Gasteiger partial charge in [0.25, 0.3) is 5.69 Å². The minimum Gasteiger partial charge on any atom is -0.316 e. The monoisotopic (exact) mass is 409 g/mol. The van der Waals surface area contributed by atoms with Crippen molar-refractivity contribution in [1.29, 1.82) is 0 Å². The van der Waals surface area contributed by atoms with Crippen LogP contribution in [0.3, 0.4) is 0 Å². The van der Waals surface area contributed by atoms with Crippen molar-refractivity contribution in [1.82, 2.24) is 4.57 Å². The number of hydrogen-bond acceptors (Lipinski definition) is 4. The maximum absolute atomic E-state index is 11.0. The fourth-order valence-electron chi connectivity index (χ4n) is 3.05. The summed E-state index contributed by atoms with van der Waals surface area (Å²) in [6, 6.07) is 15.1. The van der Waals surface area contributed by atoms with Crippen LogP contribution in [0.2, 0.25) is 0 Å². The lowest BCUT2D eigenvalue weighted by atomic mass is 10.0. The molecule has 6 heteroatoms. The van der Waals surface area contributed by atoms with Gasteiger partial charge in [0.05, 0.1) is 16.3 Å². The number of nitro groups is 1. The molecule has 0 N–H and O–H groups in total. The highest BCUT2D eigenvalue weighted by Gasteiger charge is 2.11. The summed E-state index contributed by atoms with van der Waals surface area (Å²) in [4.78, 5) is 16.4. The maximum atomic E-state index is 11.0. The van der Waals surface area contributed by atoms with Gasteiger partial charge in [-0.15, -0.1) is 11.3 Å². The molecule has 0 spiro atoms. The van der Waals surface area contributed by atoms with Gasteiger partial charge < -0.3 is 4.57 Å². The van der Waals surface area contributed by atoms with E-state index >= 15 is 0 Å². The van der Waals surface area contributed by atoms with E-state index in [9.17, 15) is 10.1 Å². The molecule has 0 aliphatic heterocycles. The van der Waals surface area contributed by atoms with E-state index in [0.717, 1.165) is 34.7 Å². The van der Waals surface area contributed by atoms with Crippen molar-refractivity contribution < 1.29 is 4.92 Å². The van der Waals surface area contributed by atoms with Crippen LogP contribution < -0.4 is 4.80 Å². The van der Waals surface area contributed by atoms with Gasteiger partial charge in [-0.3, -0.25) is 10.1 Å². The van der Waals surface area contributed by atoms with Gasteiger partial charge in [0, 0.05) is 24.1 Å². The molecule has 0 radical (unpaired) electrons. The van der Waals surface area contributed by atoms with E-state index in [1.165, 1.54) is 5.56 Å². The van der Waals surface area contributed by atoms with E-state index in [0.29, 0.717) is 11.8 Å². The highest BCUT2D eigenvalue weighted by Crippen LogP contribution is 2.25. The Morgan fingerprint density at radius 1 is 1.03 bits per heavy atom. The lowest BCUT2D eigenvalue weighted by Crippen LogP contribution is -2.17. The first-order valence-corrected chi connectivity index (χ1v) is 10.8. The fraction of sp³-hybridized carbons (Fsp3) is 0.348. The lowest BCUT2D eigenvalue weighted by Gasteiger charge is -2.11. The summed E-state index contributed by atoms with van der Waals surface area (Å²) < 4.78 is 2.22. The first kappa shape index (κ1) is 21.0. The second-order valence-corrected chi connectivity index (χ2v) is 8.74. The van der Waals surface area contributed by atoms with Gasteiger partial charge in [0.1, 0.15) is 0 Å². The molecular weight excluding hydrogens is 382 g/mol. The van der Waals surface area contributed by atoms with Crippen molar-refractivity contribution in [2.45, 2.75) is 46.6 Å². The first-order chi connectivity index (χ1) is 13.8. The topological polar surface area (TPSA) is 60.4 Å². The zero-order valence-electron chi connectivity index (χ0n) is 17.3. The molecule has 0 fully saturated rings. The van der Waals surface area contributed by atoms with Gasteiger partial charge in [-0.1, -0.05) is 39.8 Å². The summed E-state index contributed by atoms with van der Waals surface area (Å²) in [5, 5.41) is 13.0. The average Bonchev–Trinajstić information content (AvgIpc) is 3.09. The summed E-state index contributed by atoms with van der Waals surface area (Å²) >= 11 is 1.60. The van der Waals surface area contributed by atoms with E-state index < -0.39 is 0 Å². The molecule has 5 nitrogen and oxygen atoms in total. The van der Waals surface area contributed by atoms with E-state index in [-0.39, 0.29) is 10.6 Å². The lowest BCUT2D eigenvalue weighted by molar-refractivity contribution is -0.384. The van der Waals surface area contributed by atoms with Gasteiger partial charge in [-0.2, -0.15) is 0 Å². The molecule has 152 valence electrons. The second-order valence-electron chi connectivity index (χ2n) is 7.90. The molecule has 0 amide bonds. The van der Waals surface area contributed by atoms with Crippen LogP contribution in [0.1, 0.15) is 45.6 Å². The van der Waals surface area contributed by atoms with Gasteiger partial charge >= 0.3 is 0 Å². The van der Waals surface area contributed by atoms with Crippen LogP contribution in [0.5, 0.6) is 0 Å². The third kappa shape index (κ3) is 5.21. The number of hydrogen-bond donors (Lipinski definition) is 0. The molecule has 1 aromatic heterocycles. The second kappa shape index (κ2) is 9.18. The third-order valence-corrected chi connectivity index (χ3v) is 5.75. The van der Waals surface area contributed by atoms with Crippen molar-refractivity contribution in [3.8, 4) is 11.3 Å². The van der Waals surface area contributed by atoms with E-state index in [2.05, 4.69) is 61.9 Å². The van der Waals surface area contributed by atoms with E-state index in [1.807, 2.05) is 12.1 Å². The number of benzene rings is 2. The van der Waals surface area contributed by atoms with Gasteiger partial charge in [-0.25, -0.2) is 4.99 Å². The molecule has 0 unspecified atom stereocenters. The smallest absolute Gasteiger partial charge is 0.269 e. The molecule has 3 rings (SSSR count). The Morgan fingerprint density at radius 3 is 2.24 bits per heavy atom. The Labute approximate surface area is 175 Å². The first-order valence-electron chi connectivity index (χ1n) is 9.93. The number of thiazole rings is 1. The number of nitrogens with zero attached hydrogens (tertiary/aromatic N) is 3. The zero-order chi connectivity index (χ0) is 21.0. The zero-order valence-corrected chi connectivity index (χ0v) is 18.1. The highest BCUT2D eigenvalue weighted by atomic mass is 32.1. The highest BCUT2D eigenvalue weighted by molar-refractivity contribution is 7.07. The number of non-ortho nitro benzene ring substituents is 1. The van der Waals surface area contributed by atoms with Crippen LogP contribution in [0.15, 0.2) is 58.9 Å². The fourth-order valence-corrected chi connectivity index (χ4v) is 4.01. The van der Waals surface area contributed by atoms with Gasteiger partial charge in [-0.05, 0) is 53.6 Å². The van der Waals surface area contributed by atoms with Crippen molar-refractivity contribution >= 4 is 22.7 Å². The summed E-state index contributed by atoms with van der Waals surface area (Å²) in [5.41, 5.74) is 4.35. The molecule has 2 aromatic carbocycles. The van der Waals surface area contributed by atoms with Crippen LogP contribution in [0, 0.1) is 16.0 Å². The van der Waals surface area contributed by atoms with Crippen LogP contribution in [-0.2, 0) is 6.54 Å². The molecule has 0 saturated carbocycles. The standard InChI is InChI=1S/C23H27N3O2S/c1-16(2)13-14-25-22(19-7-11-21(12-8-19)26(27)28)15-29-23(25)24-20-9-5-18(6-10-20)17(3)4/h5-12,15-17H,13-14H2,1-4H3. The van der Waals surface area contributed by atoms with E-state index in [4.69, 9.17) is 4.99 Å². The predicted octanol–water partition coefficient (Wildman–Crippen LogP) is 6.53. The van der Waals surface area contributed by atoms with Crippen molar-refractivity contribution in [2.24, 2.45) is 10.9 Å². The van der Waals surface area contributed by atoms with Crippen molar-refractivity contribution in [3.63, 3.8) is 0 Å². The molecule has 3 aromatic rings. The molecule has 0 aliphatic carbocycles. The Hall–Kier alpha value is -2.73. The number of nitro benzene ring substituents is 1. The van der Waals surface area contributed by atoms with Crippen LogP contribution in [0.4, 0.5) is 11.4 Å². The number of rotatable bonds is 7. The summed E-state index contributed by atoms with van der Waals surface area (Å²) in [6.45, 7) is 9.64. The Morgan fingerprint density at radius 2 is 1.69 bits per heavy atom. The summed E-state index contributed by atoms with van der Waals surface area (Å²) in [5.74, 6) is 1.07. The van der Waals surface area contributed by atoms with Crippen LogP contribution in [0.25, 0.3) is 11.3 Å². The molecular formula is C23H27N3O2S. The molecule has 29 heavy (non-hydrogen) atoms. The summed E-state index contributed by atoms with van der Waals surface area (Å²) in [7, 11) is 0. The Balaban J connectivity index is 2.02. The van der Waals surface area contributed by atoms with Gasteiger partial charge in [0.2, 0.25) is 0 Å². The predicted molar refractivity (Wildman–Crippen MR) is 120 cm³/mol. The minimum atomic E-state index is -0.369. The molecule has 1 heterocycles. The molecule has 0 bridgehead atoms. The normalized spacial score (nSPS) is 12.1. The molecule has 0 aliphatic rings. The Kier molecular flexibility index (Phi) is 6.64. The largest absolute Gasteiger partial charge is 0.316 e. The average molecular weight is 410 g/mol. The van der Waals surface area contributed by atoms with Crippen molar-refractivity contribution in [3.05, 3.63) is 74.4 Å². The quantitative estimate of drug-likeness (QED) is 0.329. The van der Waals surface area contributed by atoms with Crippen LogP contribution in [-0.4, -0.2) is 9.49 Å². The van der Waals surface area contributed by atoms with Gasteiger partial charge in [0.15, 0.2) is 4.80 Å². The Bertz CT molecular complexity index is 1030.